The van der Waals surface area contributed by atoms with Crippen LogP contribution in [0.1, 0.15) is 12.0 Å². The number of nitrogens with zero attached hydrogens (tertiary/aromatic N) is 2. The van der Waals surface area contributed by atoms with Crippen molar-refractivity contribution >= 4 is 32.4 Å². The molecule has 0 atom stereocenters. The fraction of sp³-hybridized carbons (Fsp3) is 0.235. The number of fused-ring (bicyclic) bond motifs is 3. The molecule has 4 nitrogen and oxygen atoms in total. The van der Waals surface area contributed by atoms with E-state index >= 15 is 0 Å². The van der Waals surface area contributed by atoms with E-state index in [1.54, 1.807) is 11.3 Å². The van der Waals surface area contributed by atoms with Crippen molar-refractivity contribution in [2.24, 2.45) is 0 Å². The van der Waals surface area contributed by atoms with Gasteiger partial charge in [0.2, 0.25) is 6.79 Å². The van der Waals surface area contributed by atoms with Crippen LogP contribution in [-0.4, -0.2) is 18.3 Å². The average Bonchev–Trinajstić information content (AvgIpc) is 3.17. The summed E-state index contributed by atoms with van der Waals surface area (Å²) in [4.78, 5) is 7.15. The smallest absolute Gasteiger partial charge is 0.231 e. The van der Waals surface area contributed by atoms with Gasteiger partial charge in [0.05, 0.1) is 10.2 Å². The van der Waals surface area contributed by atoms with Gasteiger partial charge in [-0.15, -0.1) is 0 Å². The lowest BCUT2D eigenvalue weighted by Crippen LogP contribution is -2.24. The number of thiazole rings is 1. The van der Waals surface area contributed by atoms with Gasteiger partial charge in [-0.05, 0) is 24.5 Å². The maximum Gasteiger partial charge on any atom is 0.231 e. The Kier molecular flexibility index (Phi) is 2.58. The lowest BCUT2D eigenvalue weighted by molar-refractivity contribution is 0.174. The number of aryl methyl sites for hydroxylation is 1. The first-order chi connectivity index (χ1) is 10.9. The van der Waals surface area contributed by atoms with E-state index < -0.39 is 0 Å². The van der Waals surface area contributed by atoms with Crippen LogP contribution in [-0.2, 0) is 6.42 Å². The van der Waals surface area contributed by atoms with E-state index in [4.69, 9.17) is 14.5 Å². The van der Waals surface area contributed by atoms with Crippen LogP contribution in [0, 0.1) is 0 Å². The van der Waals surface area contributed by atoms with E-state index in [0.29, 0.717) is 6.79 Å². The molecular formula is C17H14N2O2S. The van der Waals surface area contributed by atoms with Crippen LogP contribution in [0.4, 0.5) is 10.8 Å². The van der Waals surface area contributed by atoms with Crippen molar-refractivity contribution in [1.82, 2.24) is 4.98 Å². The number of anilines is 2. The highest BCUT2D eigenvalue weighted by atomic mass is 32.1. The molecule has 3 heterocycles. The van der Waals surface area contributed by atoms with Gasteiger partial charge in [-0.2, -0.15) is 0 Å². The van der Waals surface area contributed by atoms with E-state index in [0.717, 1.165) is 46.2 Å². The maximum absolute atomic E-state index is 5.46. The molecule has 5 heteroatoms. The van der Waals surface area contributed by atoms with Gasteiger partial charge in [0.25, 0.3) is 0 Å². The summed E-state index contributed by atoms with van der Waals surface area (Å²) in [7, 11) is 0. The zero-order valence-corrected chi connectivity index (χ0v) is 12.7. The van der Waals surface area contributed by atoms with Gasteiger partial charge < -0.3 is 14.4 Å². The second kappa shape index (κ2) is 4.61. The molecule has 22 heavy (non-hydrogen) atoms. The largest absolute Gasteiger partial charge is 0.454 e. The number of hydrogen-bond donors (Lipinski definition) is 0. The van der Waals surface area contributed by atoms with Gasteiger partial charge >= 0.3 is 0 Å². The lowest BCUT2D eigenvalue weighted by atomic mass is 10.0. The summed E-state index contributed by atoms with van der Waals surface area (Å²) in [6.07, 6.45) is 2.31. The summed E-state index contributed by atoms with van der Waals surface area (Å²) in [5, 5.41) is 1.05. The van der Waals surface area contributed by atoms with Gasteiger partial charge in [0, 0.05) is 24.4 Å². The molecule has 5 rings (SSSR count). The Balaban J connectivity index is 1.63. The second-order valence-corrected chi connectivity index (χ2v) is 6.56. The van der Waals surface area contributed by atoms with Crippen molar-refractivity contribution in [1.29, 1.82) is 0 Å². The van der Waals surface area contributed by atoms with Gasteiger partial charge in [0.15, 0.2) is 16.6 Å². The standard InChI is InChI=1S/C17H14N2O2S/c1-2-6-13-11(4-1)5-3-7-19(13)17-18-12-8-14-15(21-10-20-14)9-16(12)22-17/h1-2,4,6,8-9H,3,5,7,10H2. The first kappa shape index (κ1) is 12.3. The Morgan fingerprint density at radius 3 is 2.91 bits per heavy atom. The van der Waals surface area contributed by atoms with E-state index in [1.165, 1.54) is 11.3 Å². The first-order valence-corrected chi connectivity index (χ1v) is 8.26. The molecule has 110 valence electrons. The third-order valence-electron chi connectivity index (χ3n) is 4.21. The van der Waals surface area contributed by atoms with Crippen LogP contribution in [0.15, 0.2) is 36.4 Å². The topological polar surface area (TPSA) is 34.6 Å². The van der Waals surface area contributed by atoms with Crippen LogP contribution in [0.2, 0.25) is 0 Å². The Hall–Kier alpha value is -2.27. The molecule has 0 saturated carbocycles. The molecule has 0 N–H and O–H groups in total. The number of hydrogen-bond acceptors (Lipinski definition) is 5. The van der Waals surface area contributed by atoms with Crippen molar-refractivity contribution in [3.05, 3.63) is 42.0 Å². The summed E-state index contributed by atoms with van der Waals surface area (Å²) in [5.74, 6) is 1.62. The van der Waals surface area contributed by atoms with E-state index in [2.05, 4.69) is 29.2 Å². The van der Waals surface area contributed by atoms with Gasteiger partial charge in [0.1, 0.15) is 0 Å². The highest BCUT2D eigenvalue weighted by Gasteiger charge is 2.22. The quantitative estimate of drug-likeness (QED) is 0.677. The number of rotatable bonds is 1. The molecule has 3 aromatic rings. The molecule has 2 aliphatic heterocycles. The normalized spacial score (nSPS) is 16.1. The minimum Gasteiger partial charge on any atom is -0.454 e. The molecule has 0 saturated heterocycles. The van der Waals surface area contributed by atoms with Crippen LogP contribution in [0.3, 0.4) is 0 Å². The predicted octanol–water partition coefficient (Wildman–Crippen LogP) is 4.11. The molecule has 0 aliphatic carbocycles. The Morgan fingerprint density at radius 1 is 1.09 bits per heavy atom. The number of ether oxygens (including phenoxy) is 2. The zero-order valence-electron chi connectivity index (χ0n) is 11.9. The summed E-state index contributed by atoms with van der Waals surface area (Å²) < 4.78 is 12.0. The number of benzene rings is 2. The maximum atomic E-state index is 5.46. The molecule has 0 amide bonds. The van der Waals surface area contributed by atoms with Crippen molar-refractivity contribution in [3.8, 4) is 11.5 Å². The van der Waals surface area contributed by atoms with Crippen LogP contribution >= 0.6 is 11.3 Å². The zero-order chi connectivity index (χ0) is 14.5. The third-order valence-corrected chi connectivity index (χ3v) is 5.25. The molecular weight excluding hydrogens is 296 g/mol. The van der Waals surface area contributed by atoms with Gasteiger partial charge in [-0.1, -0.05) is 29.5 Å². The Bertz CT molecular complexity index is 833. The van der Waals surface area contributed by atoms with Crippen molar-refractivity contribution < 1.29 is 9.47 Å². The van der Waals surface area contributed by atoms with Crippen molar-refractivity contribution in [2.75, 3.05) is 18.2 Å². The molecule has 2 aromatic carbocycles. The van der Waals surface area contributed by atoms with Crippen LogP contribution < -0.4 is 14.4 Å². The van der Waals surface area contributed by atoms with E-state index in [1.807, 2.05) is 12.1 Å². The van der Waals surface area contributed by atoms with Crippen LogP contribution in [0.25, 0.3) is 10.2 Å². The minimum absolute atomic E-state index is 0.305. The fourth-order valence-corrected chi connectivity index (χ4v) is 4.17. The van der Waals surface area contributed by atoms with Crippen molar-refractivity contribution in [3.63, 3.8) is 0 Å². The Labute approximate surface area is 131 Å². The summed E-state index contributed by atoms with van der Waals surface area (Å²) in [5.41, 5.74) is 3.67. The monoisotopic (exact) mass is 310 g/mol. The highest BCUT2D eigenvalue weighted by Crippen LogP contribution is 2.42. The van der Waals surface area contributed by atoms with E-state index in [9.17, 15) is 0 Å². The fourth-order valence-electron chi connectivity index (χ4n) is 3.15. The number of aromatic nitrogens is 1. The first-order valence-electron chi connectivity index (χ1n) is 7.44. The van der Waals surface area contributed by atoms with Gasteiger partial charge in [-0.3, -0.25) is 0 Å². The molecule has 0 unspecified atom stereocenters. The molecule has 0 spiro atoms. The third kappa shape index (κ3) is 1.78. The minimum atomic E-state index is 0.305. The Morgan fingerprint density at radius 2 is 1.95 bits per heavy atom. The highest BCUT2D eigenvalue weighted by molar-refractivity contribution is 7.22. The summed E-state index contributed by atoms with van der Waals surface area (Å²) in [6.45, 7) is 1.32. The summed E-state index contributed by atoms with van der Waals surface area (Å²) in [6, 6.07) is 12.6. The predicted molar refractivity (Wildman–Crippen MR) is 87.5 cm³/mol. The second-order valence-electron chi connectivity index (χ2n) is 5.55. The van der Waals surface area contributed by atoms with Crippen molar-refractivity contribution in [2.45, 2.75) is 12.8 Å². The molecule has 1 aromatic heterocycles. The molecule has 0 bridgehead atoms. The SMILES string of the molecule is c1ccc2c(c1)CCCN2c1nc2cc3c(cc2s1)OCO3. The molecule has 0 fully saturated rings. The van der Waals surface area contributed by atoms with Gasteiger partial charge in [-0.25, -0.2) is 4.98 Å². The molecule has 2 aliphatic rings. The lowest BCUT2D eigenvalue weighted by Gasteiger charge is -2.28. The van der Waals surface area contributed by atoms with Crippen LogP contribution in [0.5, 0.6) is 11.5 Å². The summed E-state index contributed by atoms with van der Waals surface area (Å²) >= 11 is 1.71. The van der Waals surface area contributed by atoms with E-state index in [-0.39, 0.29) is 0 Å². The average molecular weight is 310 g/mol. The molecule has 0 radical (unpaired) electrons. The number of para-hydroxylation sites is 1.